The summed E-state index contributed by atoms with van der Waals surface area (Å²) in [6.07, 6.45) is 4.54. The van der Waals surface area contributed by atoms with Gasteiger partial charge in [0.25, 0.3) is 5.91 Å². The summed E-state index contributed by atoms with van der Waals surface area (Å²) in [6, 6.07) is 1.92. The molecule has 15 heavy (non-hydrogen) atoms. The largest absolute Gasteiger partial charge is 0.457 e. The first-order chi connectivity index (χ1) is 7.19. The van der Waals surface area contributed by atoms with Gasteiger partial charge in [-0.25, -0.2) is 0 Å². The standard InChI is InChI=1S/C11H16BrNO2/c1-3-5-8(4-2)13-11(14)9-6-7-15-10(9)12/h6-8H,3-5H2,1-2H3,(H,13,14). The van der Waals surface area contributed by atoms with Crippen LogP contribution in [-0.4, -0.2) is 11.9 Å². The summed E-state index contributed by atoms with van der Waals surface area (Å²) in [5, 5.41) is 2.98. The van der Waals surface area contributed by atoms with Gasteiger partial charge in [-0.1, -0.05) is 20.3 Å². The molecule has 1 atom stereocenters. The molecule has 0 aliphatic heterocycles. The van der Waals surface area contributed by atoms with Gasteiger partial charge in [-0.15, -0.1) is 0 Å². The number of furan rings is 1. The maximum Gasteiger partial charge on any atom is 0.255 e. The van der Waals surface area contributed by atoms with E-state index in [-0.39, 0.29) is 11.9 Å². The van der Waals surface area contributed by atoms with Crippen LogP contribution in [0.25, 0.3) is 0 Å². The van der Waals surface area contributed by atoms with Gasteiger partial charge in [0.05, 0.1) is 11.8 Å². The third kappa shape index (κ3) is 3.38. The Balaban J connectivity index is 2.58. The number of nitrogens with one attached hydrogen (secondary N) is 1. The minimum absolute atomic E-state index is 0.0732. The molecule has 1 rings (SSSR count). The highest BCUT2D eigenvalue weighted by Crippen LogP contribution is 2.17. The van der Waals surface area contributed by atoms with Crippen molar-refractivity contribution >= 4 is 21.8 Å². The average molecular weight is 274 g/mol. The first kappa shape index (κ1) is 12.3. The molecular formula is C11H16BrNO2. The number of amides is 1. The van der Waals surface area contributed by atoms with Crippen molar-refractivity contribution in [3.8, 4) is 0 Å². The van der Waals surface area contributed by atoms with Crippen LogP contribution in [0.3, 0.4) is 0 Å². The Morgan fingerprint density at radius 3 is 2.80 bits per heavy atom. The lowest BCUT2D eigenvalue weighted by Gasteiger charge is -2.15. The number of rotatable bonds is 5. The van der Waals surface area contributed by atoms with Crippen LogP contribution in [0.15, 0.2) is 21.4 Å². The molecule has 1 amide bonds. The molecule has 1 aromatic rings. The summed E-state index contributed by atoms with van der Waals surface area (Å²) in [4.78, 5) is 11.8. The molecule has 0 aliphatic rings. The first-order valence-corrected chi connectivity index (χ1v) is 6.02. The molecule has 0 saturated carbocycles. The number of halogens is 1. The number of carbonyl (C=O) groups excluding carboxylic acids is 1. The van der Waals surface area contributed by atoms with E-state index in [4.69, 9.17) is 4.42 Å². The van der Waals surface area contributed by atoms with E-state index in [9.17, 15) is 4.79 Å². The Bertz CT molecular complexity index is 322. The van der Waals surface area contributed by atoms with Gasteiger partial charge in [0.1, 0.15) is 0 Å². The molecule has 1 unspecified atom stereocenters. The van der Waals surface area contributed by atoms with Crippen molar-refractivity contribution in [1.82, 2.24) is 5.32 Å². The molecule has 0 spiro atoms. The fourth-order valence-electron chi connectivity index (χ4n) is 1.45. The van der Waals surface area contributed by atoms with E-state index >= 15 is 0 Å². The molecule has 0 bridgehead atoms. The minimum atomic E-state index is -0.0732. The van der Waals surface area contributed by atoms with Crippen LogP contribution in [0.2, 0.25) is 0 Å². The predicted octanol–water partition coefficient (Wildman–Crippen LogP) is 3.35. The highest BCUT2D eigenvalue weighted by atomic mass is 79.9. The molecule has 0 radical (unpaired) electrons. The zero-order valence-corrected chi connectivity index (χ0v) is 10.6. The molecule has 0 aromatic carbocycles. The number of carbonyl (C=O) groups is 1. The smallest absolute Gasteiger partial charge is 0.255 e. The van der Waals surface area contributed by atoms with Gasteiger partial charge in [-0.3, -0.25) is 4.79 Å². The van der Waals surface area contributed by atoms with E-state index in [0.717, 1.165) is 19.3 Å². The van der Waals surface area contributed by atoms with Gasteiger partial charge in [0, 0.05) is 6.04 Å². The van der Waals surface area contributed by atoms with Crippen LogP contribution >= 0.6 is 15.9 Å². The first-order valence-electron chi connectivity index (χ1n) is 5.22. The number of hydrogen-bond donors (Lipinski definition) is 1. The average Bonchev–Trinajstić information content (AvgIpc) is 2.63. The van der Waals surface area contributed by atoms with Crippen LogP contribution in [0.4, 0.5) is 0 Å². The molecular weight excluding hydrogens is 258 g/mol. The normalized spacial score (nSPS) is 12.5. The van der Waals surface area contributed by atoms with E-state index in [0.29, 0.717) is 10.2 Å². The van der Waals surface area contributed by atoms with E-state index in [1.165, 1.54) is 6.26 Å². The maximum atomic E-state index is 11.8. The molecule has 1 N–H and O–H groups in total. The van der Waals surface area contributed by atoms with Crippen molar-refractivity contribution in [2.45, 2.75) is 39.2 Å². The quantitative estimate of drug-likeness (QED) is 0.894. The summed E-state index contributed by atoms with van der Waals surface area (Å²) in [7, 11) is 0. The molecule has 0 fully saturated rings. The second-order valence-corrected chi connectivity index (χ2v) is 4.20. The topological polar surface area (TPSA) is 42.2 Å². The fourth-order valence-corrected chi connectivity index (χ4v) is 1.87. The van der Waals surface area contributed by atoms with Crippen molar-refractivity contribution in [1.29, 1.82) is 0 Å². The maximum absolute atomic E-state index is 11.8. The van der Waals surface area contributed by atoms with Gasteiger partial charge in [-0.05, 0) is 34.8 Å². The minimum Gasteiger partial charge on any atom is -0.457 e. The predicted molar refractivity (Wildman–Crippen MR) is 62.9 cm³/mol. The van der Waals surface area contributed by atoms with E-state index < -0.39 is 0 Å². The molecule has 3 nitrogen and oxygen atoms in total. The number of hydrogen-bond acceptors (Lipinski definition) is 2. The highest BCUT2D eigenvalue weighted by molar-refractivity contribution is 9.10. The van der Waals surface area contributed by atoms with Crippen LogP contribution in [-0.2, 0) is 0 Å². The highest BCUT2D eigenvalue weighted by Gasteiger charge is 2.15. The summed E-state index contributed by atoms with van der Waals surface area (Å²) in [6.45, 7) is 4.19. The van der Waals surface area contributed by atoms with Crippen molar-refractivity contribution in [2.75, 3.05) is 0 Å². The van der Waals surface area contributed by atoms with Crippen LogP contribution in [0.1, 0.15) is 43.5 Å². The van der Waals surface area contributed by atoms with Gasteiger partial charge in [0.2, 0.25) is 0 Å². The van der Waals surface area contributed by atoms with Crippen molar-refractivity contribution in [3.63, 3.8) is 0 Å². The van der Waals surface area contributed by atoms with Crippen molar-refractivity contribution < 1.29 is 9.21 Å². The SMILES string of the molecule is CCCC(CC)NC(=O)c1ccoc1Br. The second-order valence-electron chi connectivity index (χ2n) is 3.48. The molecule has 0 saturated heterocycles. The lowest BCUT2D eigenvalue weighted by molar-refractivity contribution is 0.0932. The summed E-state index contributed by atoms with van der Waals surface area (Å²) >= 11 is 3.19. The van der Waals surface area contributed by atoms with Crippen LogP contribution in [0, 0.1) is 0 Å². The fraction of sp³-hybridized carbons (Fsp3) is 0.545. The van der Waals surface area contributed by atoms with Crippen LogP contribution in [0.5, 0.6) is 0 Å². The molecule has 84 valence electrons. The van der Waals surface area contributed by atoms with E-state index in [2.05, 4.69) is 35.1 Å². The Morgan fingerprint density at radius 1 is 1.60 bits per heavy atom. The van der Waals surface area contributed by atoms with Crippen LogP contribution < -0.4 is 5.32 Å². The molecule has 0 aliphatic carbocycles. The monoisotopic (exact) mass is 273 g/mol. The van der Waals surface area contributed by atoms with Crippen molar-refractivity contribution in [3.05, 3.63) is 22.6 Å². The third-order valence-electron chi connectivity index (χ3n) is 2.33. The van der Waals surface area contributed by atoms with Gasteiger partial charge in [0.15, 0.2) is 4.67 Å². The Hall–Kier alpha value is -0.770. The summed E-state index contributed by atoms with van der Waals surface area (Å²) in [5.74, 6) is -0.0732. The van der Waals surface area contributed by atoms with Crippen molar-refractivity contribution in [2.24, 2.45) is 0 Å². The lowest BCUT2D eigenvalue weighted by Crippen LogP contribution is -2.34. The molecule has 1 heterocycles. The summed E-state index contributed by atoms with van der Waals surface area (Å²) in [5.41, 5.74) is 0.560. The van der Waals surface area contributed by atoms with Gasteiger partial charge in [-0.2, -0.15) is 0 Å². The second kappa shape index (κ2) is 5.95. The van der Waals surface area contributed by atoms with Gasteiger partial charge >= 0.3 is 0 Å². The zero-order chi connectivity index (χ0) is 11.3. The third-order valence-corrected chi connectivity index (χ3v) is 2.94. The molecule has 1 aromatic heterocycles. The summed E-state index contributed by atoms with van der Waals surface area (Å²) < 4.78 is 5.51. The zero-order valence-electron chi connectivity index (χ0n) is 9.05. The Labute approximate surface area is 98.4 Å². The van der Waals surface area contributed by atoms with E-state index in [1.807, 2.05) is 0 Å². The Morgan fingerprint density at radius 2 is 2.33 bits per heavy atom. The Kier molecular flexibility index (Phi) is 4.88. The van der Waals surface area contributed by atoms with Gasteiger partial charge < -0.3 is 9.73 Å². The molecule has 4 heteroatoms. The van der Waals surface area contributed by atoms with E-state index in [1.54, 1.807) is 6.07 Å². The lowest BCUT2D eigenvalue weighted by atomic mass is 10.1.